The first-order valence-electron chi connectivity index (χ1n) is 9.25. The second-order valence-electron chi connectivity index (χ2n) is 6.85. The second kappa shape index (κ2) is 8.14. The van der Waals surface area contributed by atoms with E-state index in [0.717, 1.165) is 11.6 Å². The lowest BCUT2D eigenvalue weighted by Crippen LogP contribution is -1.95. The molecule has 0 radical (unpaired) electrons. The van der Waals surface area contributed by atoms with Gasteiger partial charge in [-0.05, 0) is 53.4 Å². The maximum Gasteiger partial charge on any atom is 0.258 e. The fourth-order valence-electron chi connectivity index (χ4n) is 3.34. The third-order valence-corrected chi connectivity index (χ3v) is 4.95. The number of aryl methyl sites for hydroxylation is 1. The molecular weight excluding hydrogens is 390 g/mol. The van der Waals surface area contributed by atoms with E-state index in [9.17, 15) is 19.0 Å². The quantitative estimate of drug-likeness (QED) is 0.503. The van der Waals surface area contributed by atoms with Gasteiger partial charge in [0.2, 0.25) is 5.82 Å². The zero-order valence-corrected chi connectivity index (χ0v) is 16.1. The Morgan fingerprint density at radius 2 is 1.63 bits per heavy atom. The van der Waals surface area contributed by atoms with Gasteiger partial charge in [0.1, 0.15) is 0 Å². The number of rotatable bonds is 5. The summed E-state index contributed by atoms with van der Waals surface area (Å²) in [4.78, 5) is 4.40. The highest BCUT2D eigenvalue weighted by Crippen LogP contribution is 2.31. The summed E-state index contributed by atoms with van der Waals surface area (Å²) >= 11 is 0. The number of benzene rings is 3. The van der Waals surface area contributed by atoms with Crippen LogP contribution in [-0.2, 0) is 13.2 Å². The van der Waals surface area contributed by atoms with Crippen LogP contribution in [0.15, 0.2) is 59.1 Å². The van der Waals surface area contributed by atoms with E-state index < -0.39 is 11.6 Å². The lowest BCUT2D eigenvalue weighted by Gasteiger charge is -2.09. The van der Waals surface area contributed by atoms with Crippen LogP contribution in [0.4, 0.5) is 8.78 Å². The standard InChI is InChI=1S/C23H18F2N2O3/c1-13-9-15(7-8-18(13)19-3-2-4-20(24)21(19)25)23-26-22(27-30-23)14-5-6-16(11-28)17(10-14)12-29/h2-10,28-29H,11-12H2,1H3. The fourth-order valence-corrected chi connectivity index (χ4v) is 3.34. The van der Waals surface area contributed by atoms with Crippen molar-refractivity contribution in [2.75, 3.05) is 0 Å². The predicted molar refractivity (Wildman–Crippen MR) is 107 cm³/mol. The monoisotopic (exact) mass is 408 g/mol. The third kappa shape index (κ3) is 3.60. The van der Waals surface area contributed by atoms with Crippen molar-refractivity contribution in [3.8, 4) is 34.0 Å². The van der Waals surface area contributed by atoms with Crippen LogP contribution in [-0.4, -0.2) is 20.4 Å². The molecule has 0 aliphatic heterocycles. The van der Waals surface area contributed by atoms with Gasteiger partial charge in [-0.1, -0.05) is 35.5 Å². The second-order valence-corrected chi connectivity index (χ2v) is 6.85. The van der Waals surface area contributed by atoms with Crippen molar-refractivity contribution >= 4 is 0 Å². The molecule has 4 aromatic rings. The molecule has 0 spiro atoms. The molecule has 0 aliphatic rings. The number of aromatic nitrogens is 2. The summed E-state index contributed by atoms with van der Waals surface area (Å²) in [6, 6.07) is 14.4. The van der Waals surface area contributed by atoms with E-state index in [-0.39, 0.29) is 24.7 Å². The lowest BCUT2D eigenvalue weighted by atomic mass is 9.98. The van der Waals surface area contributed by atoms with E-state index in [4.69, 9.17) is 4.52 Å². The molecule has 0 saturated carbocycles. The van der Waals surface area contributed by atoms with Gasteiger partial charge in [-0.2, -0.15) is 4.98 Å². The summed E-state index contributed by atoms with van der Waals surface area (Å²) in [6.07, 6.45) is 0. The van der Waals surface area contributed by atoms with Crippen molar-refractivity contribution in [3.63, 3.8) is 0 Å². The Labute approximate surface area is 171 Å². The fraction of sp³-hybridized carbons (Fsp3) is 0.130. The molecule has 0 saturated heterocycles. The van der Waals surface area contributed by atoms with Crippen LogP contribution in [0.5, 0.6) is 0 Å². The van der Waals surface area contributed by atoms with Crippen LogP contribution in [0.25, 0.3) is 34.0 Å². The van der Waals surface area contributed by atoms with E-state index in [1.54, 1.807) is 43.3 Å². The van der Waals surface area contributed by atoms with Crippen LogP contribution in [0.1, 0.15) is 16.7 Å². The van der Waals surface area contributed by atoms with Crippen LogP contribution < -0.4 is 0 Å². The molecule has 2 N–H and O–H groups in total. The summed E-state index contributed by atoms with van der Waals surface area (Å²) in [7, 11) is 0. The van der Waals surface area contributed by atoms with Crippen molar-refractivity contribution in [2.45, 2.75) is 20.1 Å². The van der Waals surface area contributed by atoms with Crippen molar-refractivity contribution in [2.24, 2.45) is 0 Å². The first-order valence-corrected chi connectivity index (χ1v) is 9.25. The Balaban J connectivity index is 1.67. The summed E-state index contributed by atoms with van der Waals surface area (Å²) < 4.78 is 33.1. The highest BCUT2D eigenvalue weighted by Gasteiger charge is 2.16. The van der Waals surface area contributed by atoms with Gasteiger partial charge in [0, 0.05) is 16.7 Å². The number of aliphatic hydroxyl groups excluding tert-OH is 2. The first kappa shape index (κ1) is 19.9. The minimum Gasteiger partial charge on any atom is -0.392 e. The average Bonchev–Trinajstić information content (AvgIpc) is 3.26. The highest BCUT2D eigenvalue weighted by molar-refractivity contribution is 5.72. The van der Waals surface area contributed by atoms with Gasteiger partial charge < -0.3 is 14.7 Å². The molecule has 4 rings (SSSR count). The van der Waals surface area contributed by atoms with Gasteiger partial charge >= 0.3 is 0 Å². The molecule has 0 amide bonds. The van der Waals surface area contributed by atoms with Crippen molar-refractivity contribution in [1.29, 1.82) is 0 Å². The largest absolute Gasteiger partial charge is 0.392 e. The van der Waals surface area contributed by atoms with Crippen LogP contribution in [0.2, 0.25) is 0 Å². The Hall–Kier alpha value is -3.42. The molecule has 1 heterocycles. The number of hydrogen-bond donors (Lipinski definition) is 2. The zero-order valence-electron chi connectivity index (χ0n) is 16.1. The minimum absolute atomic E-state index is 0.175. The van der Waals surface area contributed by atoms with Crippen molar-refractivity contribution in [3.05, 3.63) is 82.9 Å². The maximum absolute atomic E-state index is 14.1. The molecule has 0 unspecified atom stereocenters. The van der Waals surface area contributed by atoms with E-state index >= 15 is 0 Å². The van der Waals surface area contributed by atoms with Crippen LogP contribution in [0.3, 0.4) is 0 Å². The van der Waals surface area contributed by atoms with Crippen molar-refractivity contribution in [1.82, 2.24) is 10.1 Å². The average molecular weight is 408 g/mol. The minimum atomic E-state index is -0.896. The van der Waals surface area contributed by atoms with Gasteiger partial charge in [0.05, 0.1) is 13.2 Å². The number of halogens is 2. The molecule has 5 nitrogen and oxygen atoms in total. The molecule has 152 valence electrons. The van der Waals surface area contributed by atoms with E-state index in [0.29, 0.717) is 33.6 Å². The van der Waals surface area contributed by atoms with Crippen LogP contribution >= 0.6 is 0 Å². The van der Waals surface area contributed by atoms with Crippen LogP contribution in [0, 0.1) is 18.6 Å². The van der Waals surface area contributed by atoms with Gasteiger partial charge in [-0.3, -0.25) is 0 Å². The molecule has 30 heavy (non-hydrogen) atoms. The molecular formula is C23H18F2N2O3. The molecule has 0 fully saturated rings. The van der Waals surface area contributed by atoms with Gasteiger partial charge in [0.15, 0.2) is 11.6 Å². The Bertz CT molecular complexity index is 1220. The number of aliphatic hydroxyl groups is 2. The normalized spacial score (nSPS) is 11.1. The topological polar surface area (TPSA) is 79.4 Å². The van der Waals surface area contributed by atoms with E-state index in [1.165, 1.54) is 12.1 Å². The SMILES string of the molecule is Cc1cc(-c2nc(-c3ccc(CO)c(CO)c3)no2)ccc1-c1cccc(F)c1F. The first-order chi connectivity index (χ1) is 14.5. The molecule has 1 aromatic heterocycles. The predicted octanol–water partition coefficient (Wildman–Crippen LogP) is 4.64. The highest BCUT2D eigenvalue weighted by atomic mass is 19.2. The van der Waals surface area contributed by atoms with Crippen molar-refractivity contribution < 1.29 is 23.5 Å². The molecule has 0 aliphatic carbocycles. The summed E-state index contributed by atoms with van der Waals surface area (Å²) in [5, 5.41) is 22.8. The number of nitrogens with zero attached hydrogens (tertiary/aromatic N) is 2. The van der Waals surface area contributed by atoms with E-state index in [2.05, 4.69) is 10.1 Å². The lowest BCUT2D eigenvalue weighted by molar-refractivity contribution is 0.260. The summed E-state index contributed by atoms with van der Waals surface area (Å²) in [5.41, 5.74) is 3.97. The molecule has 3 aromatic carbocycles. The van der Waals surface area contributed by atoms with Gasteiger partial charge in [-0.25, -0.2) is 8.78 Å². The number of hydrogen-bond acceptors (Lipinski definition) is 5. The Morgan fingerprint density at radius 3 is 2.37 bits per heavy atom. The summed E-state index contributed by atoms with van der Waals surface area (Å²) in [6.45, 7) is 1.40. The van der Waals surface area contributed by atoms with E-state index in [1.807, 2.05) is 0 Å². The molecule has 0 atom stereocenters. The molecule has 0 bridgehead atoms. The zero-order chi connectivity index (χ0) is 21.3. The van der Waals surface area contributed by atoms with Gasteiger partial charge in [0.25, 0.3) is 5.89 Å². The maximum atomic E-state index is 14.1. The Kier molecular flexibility index (Phi) is 5.39. The van der Waals surface area contributed by atoms with Gasteiger partial charge in [-0.15, -0.1) is 0 Å². The summed E-state index contributed by atoms with van der Waals surface area (Å²) in [5.74, 6) is -1.18. The Morgan fingerprint density at radius 1 is 0.867 bits per heavy atom. The smallest absolute Gasteiger partial charge is 0.258 e. The third-order valence-electron chi connectivity index (χ3n) is 4.95. The molecule has 7 heteroatoms.